The summed E-state index contributed by atoms with van der Waals surface area (Å²) in [7, 11) is 3.14. The molecule has 8 atom stereocenters. The smallest absolute Gasteiger partial charge is 0.267 e. The number of rotatable bonds is 13. The molecule has 4 amide bonds. The number of nitrogens with one attached hydrogen (secondary N) is 5. The summed E-state index contributed by atoms with van der Waals surface area (Å²) in [5.41, 5.74) is 0.438. The number of carbonyl (C=O) groups is 4. The van der Waals surface area contributed by atoms with Gasteiger partial charge in [-0.2, -0.15) is 0 Å². The van der Waals surface area contributed by atoms with Crippen molar-refractivity contribution in [2.45, 2.75) is 127 Å². The van der Waals surface area contributed by atoms with Crippen LogP contribution in [0.3, 0.4) is 0 Å². The lowest BCUT2D eigenvalue weighted by atomic mass is 9.85. The zero-order chi connectivity index (χ0) is 45.6. The maximum Gasteiger partial charge on any atom is 0.267 e. The van der Waals surface area contributed by atoms with Crippen LogP contribution in [0.25, 0.3) is 0 Å². The van der Waals surface area contributed by atoms with Crippen LogP contribution in [0.4, 0.5) is 26.3 Å². The zero-order valence-corrected chi connectivity index (χ0v) is 36.2. The highest BCUT2D eigenvalue weighted by Crippen LogP contribution is 2.44. The zero-order valence-electron chi connectivity index (χ0n) is 36.2. The van der Waals surface area contributed by atoms with Gasteiger partial charge in [-0.1, -0.05) is 39.8 Å². The highest BCUT2D eigenvalue weighted by atomic mass is 19.3. The van der Waals surface area contributed by atoms with E-state index in [0.717, 1.165) is 9.80 Å². The predicted molar refractivity (Wildman–Crippen MR) is 221 cm³/mol. The Bertz CT molecular complexity index is 2060. The molecule has 6 aliphatic rings. The lowest BCUT2D eigenvalue weighted by molar-refractivity contribution is -0.141. The lowest BCUT2D eigenvalue weighted by Crippen LogP contribution is -2.59. The molecule has 62 heavy (non-hydrogen) atoms. The van der Waals surface area contributed by atoms with Crippen molar-refractivity contribution in [2.75, 3.05) is 33.7 Å². The lowest BCUT2D eigenvalue weighted by Gasteiger charge is -2.38. The minimum atomic E-state index is -3.32. The average Bonchev–Trinajstić information content (AvgIpc) is 3.92. The van der Waals surface area contributed by atoms with Gasteiger partial charge in [0.1, 0.15) is 23.7 Å². The largest absolute Gasteiger partial charge is 0.371 e. The van der Waals surface area contributed by atoms with Crippen LogP contribution in [0.15, 0.2) is 75.8 Å². The Morgan fingerprint density at radius 1 is 0.871 bits per heavy atom. The fourth-order valence-corrected chi connectivity index (χ4v) is 8.73. The number of halogens is 6. The summed E-state index contributed by atoms with van der Waals surface area (Å²) in [5.74, 6) is -10.1. The molecule has 0 aromatic rings. The van der Waals surface area contributed by atoms with E-state index in [-0.39, 0.29) is 36.6 Å². The Kier molecular flexibility index (Phi) is 13.3. The number of nitrogens with zero attached hydrogens (tertiary/aromatic N) is 4. The second-order valence-corrected chi connectivity index (χ2v) is 18.0. The van der Waals surface area contributed by atoms with E-state index in [1.807, 2.05) is 0 Å². The number of aliphatic imine (C=N–C) groups is 1. The summed E-state index contributed by atoms with van der Waals surface area (Å²) < 4.78 is 91.6. The van der Waals surface area contributed by atoms with Gasteiger partial charge in [-0.05, 0) is 81.6 Å². The Morgan fingerprint density at radius 2 is 1.47 bits per heavy atom. The Morgan fingerprint density at radius 3 is 2.06 bits per heavy atom. The molecule has 2 aliphatic carbocycles. The number of likely N-dealkylation sites (tertiary alicyclic amines) is 2. The molecule has 0 spiro atoms. The molecule has 6 rings (SSSR count). The molecule has 2 unspecified atom stereocenters. The van der Waals surface area contributed by atoms with E-state index in [2.05, 4.69) is 26.6 Å². The van der Waals surface area contributed by atoms with Gasteiger partial charge in [0.25, 0.3) is 11.8 Å². The van der Waals surface area contributed by atoms with Crippen molar-refractivity contribution >= 4 is 29.3 Å². The van der Waals surface area contributed by atoms with Gasteiger partial charge in [-0.25, -0.2) is 31.3 Å². The summed E-state index contributed by atoms with van der Waals surface area (Å²) >= 11 is 0. The highest BCUT2D eigenvalue weighted by Gasteiger charge is 2.53. The van der Waals surface area contributed by atoms with Crippen LogP contribution in [-0.4, -0.2) is 138 Å². The third-order valence-corrected chi connectivity index (χ3v) is 12.4. The molecule has 2 fully saturated rings. The van der Waals surface area contributed by atoms with Gasteiger partial charge in [0.05, 0.1) is 54.7 Å². The standard InChI is InChI=1S/C43H57F6N9O4/c1-9-30(54-37(59)22(2)50-7)39(61)57-20-42(46,47)17-26(57)16-29-28-12-10-24(44)14-31(28)52-34(29)36-53-32-15-25(45)11-13-33(32)56(36)19-27-18-43(48,49)21-58(27)40(62)35(41(4,5)6)55-38(60)23(3)51-8/h10-15,22-23,26-27,30-31,33,35,50-52H,9,16-21H2,1-8H3,(H,54,59)(H,55,60)/t22-,23-,26+,27-,30-,31?,33?,35+/m0/s1. The fraction of sp³-hybridized carbons (Fsp3) is 0.605. The fourth-order valence-electron chi connectivity index (χ4n) is 8.73. The van der Waals surface area contributed by atoms with Crippen LogP contribution in [0.5, 0.6) is 0 Å². The number of amides is 4. The maximum atomic E-state index is 15.6. The van der Waals surface area contributed by atoms with Crippen molar-refractivity contribution in [1.29, 1.82) is 0 Å². The maximum absolute atomic E-state index is 15.6. The molecule has 2 saturated heterocycles. The second-order valence-electron chi connectivity index (χ2n) is 18.0. The average molecular weight is 878 g/mol. The van der Waals surface area contributed by atoms with Crippen molar-refractivity contribution in [3.63, 3.8) is 0 Å². The number of alkyl halides is 4. The molecule has 0 aromatic heterocycles. The predicted octanol–water partition coefficient (Wildman–Crippen LogP) is 3.90. The van der Waals surface area contributed by atoms with Gasteiger partial charge in [-0.15, -0.1) is 0 Å². The van der Waals surface area contributed by atoms with Gasteiger partial charge < -0.3 is 41.3 Å². The summed E-state index contributed by atoms with van der Waals surface area (Å²) in [6, 6.07) is -7.52. The van der Waals surface area contributed by atoms with Crippen LogP contribution in [0.1, 0.15) is 67.2 Å². The van der Waals surface area contributed by atoms with Gasteiger partial charge >= 0.3 is 0 Å². The summed E-state index contributed by atoms with van der Waals surface area (Å²) in [4.78, 5) is 62.7. The normalized spacial score (nSPS) is 28.1. The van der Waals surface area contributed by atoms with Crippen LogP contribution in [-0.2, 0) is 19.2 Å². The van der Waals surface area contributed by atoms with E-state index in [1.165, 1.54) is 36.5 Å². The molecule has 4 heterocycles. The molecule has 0 radical (unpaired) electrons. The first-order valence-electron chi connectivity index (χ1n) is 21.0. The van der Waals surface area contributed by atoms with E-state index >= 15 is 17.6 Å². The van der Waals surface area contributed by atoms with Crippen molar-refractivity contribution in [1.82, 2.24) is 41.3 Å². The third-order valence-electron chi connectivity index (χ3n) is 12.4. The van der Waals surface area contributed by atoms with Crippen LogP contribution in [0, 0.1) is 5.41 Å². The van der Waals surface area contributed by atoms with Gasteiger partial charge in [0.15, 0.2) is 5.82 Å². The SMILES string of the molecule is CC[C@H](NC(=O)[C@H](C)NC)C(=O)N1CC(F)(F)C[C@H]1CC1=C2C=CC(F)=CC2NC1=C1N=C2C=C(F)C=CC2N1C[C@@H]1CC(F)(F)CN1C(=O)[C@@H](NC(=O)[C@H](C)NC)C(C)(C)C. The number of fused-ring (bicyclic) bond motifs is 2. The molecular formula is C43H57F6N9O4. The minimum absolute atomic E-state index is 0.119. The van der Waals surface area contributed by atoms with Crippen molar-refractivity contribution in [2.24, 2.45) is 10.4 Å². The molecule has 0 aromatic carbocycles. The van der Waals surface area contributed by atoms with Crippen molar-refractivity contribution in [3.8, 4) is 0 Å². The Balaban J connectivity index is 1.40. The number of carbonyl (C=O) groups excluding carboxylic acids is 4. The Labute approximate surface area is 357 Å². The molecule has 5 N–H and O–H groups in total. The van der Waals surface area contributed by atoms with E-state index in [9.17, 15) is 28.0 Å². The molecule has 0 saturated carbocycles. The monoisotopic (exact) mass is 877 g/mol. The van der Waals surface area contributed by atoms with Crippen LogP contribution in [0.2, 0.25) is 0 Å². The van der Waals surface area contributed by atoms with E-state index < -0.39 is 127 Å². The van der Waals surface area contributed by atoms with E-state index in [4.69, 9.17) is 4.99 Å². The number of likely N-dealkylation sites (N-methyl/N-ethyl adjacent to an activating group) is 2. The third kappa shape index (κ3) is 9.67. The van der Waals surface area contributed by atoms with Gasteiger partial charge in [-0.3, -0.25) is 19.2 Å². The summed E-state index contributed by atoms with van der Waals surface area (Å²) in [6.07, 6.45) is 6.36. The quantitative estimate of drug-likeness (QED) is 0.175. The van der Waals surface area contributed by atoms with Crippen molar-refractivity contribution in [3.05, 3.63) is 70.8 Å². The molecule has 19 heteroatoms. The number of hydrogen-bond donors (Lipinski definition) is 5. The molecular weight excluding hydrogens is 821 g/mol. The first-order valence-corrected chi connectivity index (χ1v) is 21.0. The van der Waals surface area contributed by atoms with E-state index in [1.54, 1.807) is 60.5 Å². The summed E-state index contributed by atoms with van der Waals surface area (Å²) in [5, 5.41) is 14.2. The van der Waals surface area contributed by atoms with Crippen molar-refractivity contribution < 1.29 is 45.5 Å². The molecule has 13 nitrogen and oxygen atoms in total. The highest BCUT2D eigenvalue weighted by molar-refractivity contribution is 6.04. The Hall–Kier alpha value is -4.91. The first kappa shape index (κ1) is 46.6. The summed E-state index contributed by atoms with van der Waals surface area (Å²) in [6.45, 7) is 7.89. The first-order chi connectivity index (χ1) is 29.0. The number of allylic oxidation sites excluding steroid dienone is 5. The van der Waals surface area contributed by atoms with Crippen LogP contribution < -0.4 is 26.6 Å². The molecule has 340 valence electrons. The van der Waals surface area contributed by atoms with Gasteiger partial charge in [0.2, 0.25) is 23.6 Å². The molecule has 0 bridgehead atoms. The van der Waals surface area contributed by atoms with Crippen LogP contribution >= 0.6 is 0 Å². The second kappa shape index (κ2) is 17.7. The van der Waals surface area contributed by atoms with E-state index in [0.29, 0.717) is 11.1 Å². The topological polar surface area (TPSA) is 151 Å². The number of hydrogen-bond acceptors (Lipinski definition) is 9. The van der Waals surface area contributed by atoms with Gasteiger partial charge in [0, 0.05) is 25.4 Å². The molecule has 4 aliphatic heterocycles. The minimum Gasteiger partial charge on any atom is -0.371 e.